The fraction of sp³-hybridized carbons (Fsp3) is 0.889. The van der Waals surface area contributed by atoms with E-state index in [2.05, 4.69) is 18.7 Å². The Balaban J connectivity index is 0. The van der Waals surface area contributed by atoms with Crippen molar-refractivity contribution in [2.45, 2.75) is 39.5 Å². The van der Waals surface area contributed by atoms with E-state index in [0.717, 1.165) is 13.1 Å². The first kappa shape index (κ1) is 17.2. The van der Waals surface area contributed by atoms with Crippen molar-refractivity contribution in [3.63, 3.8) is 0 Å². The van der Waals surface area contributed by atoms with Crippen molar-refractivity contribution in [1.29, 1.82) is 0 Å². The molecule has 0 aromatic carbocycles. The molecule has 0 radical (unpaired) electrons. The van der Waals surface area contributed by atoms with E-state index < -0.39 is 0 Å². The summed E-state index contributed by atoms with van der Waals surface area (Å²) in [5, 5.41) is 0. The number of hydrogen-bond donors (Lipinski definition) is 0. The second-order valence-electron chi connectivity index (χ2n) is 2.96. The number of rotatable bonds is 6. The van der Waals surface area contributed by atoms with Crippen LogP contribution in [-0.4, -0.2) is 22.3 Å². The molecule has 0 heterocycles. The van der Waals surface area contributed by atoms with Gasteiger partial charge in [0.25, 0.3) is 0 Å². The standard InChI is InChI=1S/C9H19NS2.K/c1-3-5-7-10(9(11)12)8-6-4-2;/h3-8H2,1-2H3,(H,11,12);/q;+1/p-1. The smallest absolute Gasteiger partial charge is 0.411 e. The minimum Gasteiger partial charge on any atom is -0.411 e. The van der Waals surface area contributed by atoms with Crippen molar-refractivity contribution in [3.05, 3.63) is 0 Å². The normalized spacial score (nSPS) is 9.08. The molecule has 1 nitrogen and oxygen atoms in total. The Kier molecular flexibility index (Phi) is 15.6. The quantitative estimate of drug-likeness (QED) is 0.359. The molecule has 0 unspecified atom stereocenters. The third-order valence-electron chi connectivity index (χ3n) is 1.82. The van der Waals surface area contributed by atoms with Gasteiger partial charge in [0.05, 0.1) is 0 Å². The zero-order valence-electron chi connectivity index (χ0n) is 9.01. The fourth-order valence-corrected chi connectivity index (χ4v) is 1.36. The van der Waals surface area contributed by atoms with E-state index in [9.17, 15) is 0 Å². The van der Waals surface area contributed by atoms with Crippen LogP contribution in [0.1, 0.15) is 39.5 Å². The van der Waals surface area contributed by atoms with Gasteiger partial charge in [-0.15, -0.1) is 0 Å². The van der Waals surface area contributed by atoms with E-state index >= 15 is 0 Å². The summed E-state index contributed by atoms with van der Waals surface area (Å²) < 4.78 is 0.636. The summed E-state index contributed by atoms with van der Waals surface area (Å²) in [6.45, 7) is 6.45. The molecule has 0 aliphatic heterocycles. The summed E-state index contributed by atoms with van der Waals surface area (Å²) >= 11 is 9.97. The Labute approximate surface area is 136 Å². The Morgan fingerprint density at radius 1 is 1.15 bits per heavy atom. The van der Waals surface area contributed by atoms with Crippen molar-refractivity contribution >= 4 is 29.2 Å². The van der Waals surface area contributed by atoms with Gasteiger partial charge in [-0.25, -0.2) is 0 Å². The molecule has 0 aromatic rings. The molecule has 0 atom stereocenters. The molecule has 0 aliphatic rings. The topological polar surface area (TPSA) is 3.24 Å². The summed E-state index contributed by atoms with van der Waals surface area (Å²) in [5.74, 6) is 0. The number of nitrogens with zero attached hydrogens (tertiary/aromatic N) is 1. The molecule has 0 saturated carbocycles. The van der Waals surface area contributed by atoms with Gasteiger partial charge >= 0.3 is 51.4 Å². The molecule has 0 rings (SSSR count). The van der Waals surface area contributed by atoms with Crippen molar-refractivity contribution in [3.8, 4) is 0 Å². The van der Waals surface area contributed by atoms with Crippen LogP contribution in [-0.2, 0) is 12.6 Å². The summed E-state index contributed by atoms with van der Waals surface area (Å²) in [7, 11) is 0. The van der Waals surface area contributed by atoms with Gasteiger partial charge in [0, 0.05) is 13.1 Å². The van der Waals surface area contributed by atoms with E-state index in [1.54, 1.807) is 0 Å². The van der Waals surface area contributed by atoms with Gasteiger partial charge < -0.3 is 29.7 Å². The van der Waals surface area contributed by atoms with Gasteiger partial charge in [0.15, 0.2) is 0 Å². The average molecular weight is 243 g/mol. The van der Waals surface area contributed by atoms with Crippen molar-refractivity contribution in [2.24, 2.45) is 0 Å². The van der Waals surface area contributed by atoms with Crippen LogP contribution in [0.4, 0.5) is 0 Å². The van der Waals surface area contributed by atoms with Crippen LogP contribution in [0.3, 0.4) is 0 Å². The minimum absolute atomic E-state index is 0. The maximum atomic E-state index is 4.98. The van der Waals surface area contributed by atoms with E-state index in [-0.39, 0.29) is 51.4 Å². The molecule has 72 valence electrons. The number of thiocarbonyl (C=S) groups is 1. The first-order chi connectivity index (χ1) is 5.72. The molecular weight excluding hydrogens is 225 g/mol. The zero-order chi connectivity index (χ0) is 9.40. The molecule has 0 aromatic heterocycles. The second-order valence-corrected chi connectivity index (χ2v) is 3.99. The van der Waals surface area contributed by atoms with Crippen molar-refractivity contribution in [1.82, 2.24) is 4.90 Å². The Hall–Kier alpha value is 1.75. The van der Waals surface area contributed by atoms with Gasteiger partial charge in [0.2, 0.25) is 0 Å². The second kappa shape index (κ2) is 11.8. The summed E-state index contributed by atoms with van der Waals surface area (Å²) in [6, 6.07) is 0. The Morgan fingerprint density at radius 3 is 1.77 bits per heavy atom. The molecule has 0 aliphatic carbocycles. The summed E-state index contributed by atoms with van der Waals surface area (Å²) in [4.78, 5) is 2.14. The van der Waals surface area contributed by atoms with Crippen LogP contribution in [0.2, 0.25) is 0 Å². The van der Waals surface area contributed by atoms with Crippen LogP contribution in [0.15, 0.2) is 0 Å². The molecule has 13 heavy (non-hydrogen) atoms. The fourth-order valence-electron chi connectivity index (χ4n) is 0.992. The van der Waals surface area contributed by atoms with Crippen molar-refractivity contribution < 1.29 is 51.4 Å². The summed E-state index contributed by atoms with van der Waals surface area (Å²) in [5.41, 5.74) is 0. The molecule has 0 spiro atoms. The van der Waals surface area contributed by atoms with Gasteiger partial charge in [-0.1, -0.05) is 31.0 Å². The van der Waals surface area contributed by atoms with Gasteiger partial charge in [-0.05, 0) is 12.8 Å². The van der Waals surface area contributed by atoms with Gasteiger partial charge in [0.1, 0.15) is 0 Å². The Bertz CT molecular complexity index is 123. The van der Waals surface area contributed by atoms with Crippen molar-refractivity contribution in [2.75, 3.05) is 13.1 Å². The predicted octanol–water partition coefficient (Wildman–Crippen LogP) is -0.276. The third kappa shape index (κ3) is 10.0. The van der Waals surface area contributed by atoms with E-state index in [1.807, 2.05) is 0 Å². The monoisotopic (exact) mass is 243 g/mol. The Morgan fingerprint density at radius 2 is 1.54 bits per heavy atom. The van der Waals surface area contributed by atoms with Crippen LogP contribution in [0.25, 0.3) is 0 Å². The van der Waals surface area contributed by atoms with Crippen LogP contribution in [0, 0.1) is 0 Å². The third-order valence-corrected chi connectivity index (χ3v) is 2.34. The molecule has 4 heteroatoms. The van der Waals surface area contributed by atoms with Crippen LogP contribution < -0.4 is 51.4 Å². The molecule has 0 N–H and O–H groups in total. The maximum Gasteiger partial charge on any atom is 1.00 e. The number of hydrogen-bond acceptors (Lipinski definition) is 2. The van der Waals surface area contributed by atoms with Crippen LogP contribution in [0.5, 0.6) is 0 Å². The molecule has 0 bridgehead atoms. The average Bonchev–Trinajstić information content (AvgIpc) is 2.04. The maximum absolute atomic E-state index is 4.98. The SMILES string of the molecule is CCCCN(CCCC)C(=S)[S-].[K+]. The molecule has 0 amide bonds. The molecule has 0 fully saturated rings. The largest absolute Gasteiger partial charge is 1.00 e. The zero-order valence-corrected chi connectivity index (χ0v) is 13.8. The molecular formula is C9H18KNS2. The van der Waals surface area contributed by atoms with E-state index in [1.165, 1.54) is 25.7 Å². The minimum atomic E-state index is 0. The number of unbranched alkanes of at least 4 members (excludes halogenated alkanes) is 2. The van der Waals surface area contributed by atoms with Crippen LogP contribution >= 0.6 is 12.2 Å². The predicted molar refractivity (Wildman–Crippen MR) is 61.4 cm³/mol. The first-order valence-corrected chi connectivity index (χ1v) is 5.50. The first-order valence-electron chi connectivity index (χ1n) is 4.68. The van der Waals surface area contributed by atoms with E-state index in [0.29, 0.717) is 4.32 Å². The summed E-state index contributed by atoms with van der Waals surface area (Å²) in [6.07, 6.45) is 4.81. The van der Waals surface area contributed by atoms with E-state index in [4.69, 9.17) is 24.8 Å². The van der Waals surface area contributed by atoms with Gasteiger partial charge in [-0.3, -0.25) is 0 Å². The molecule has 0 saturated heterocycles. The van der Waals surface area contributed by atoms with Gasteiger partial charge in [-0.2, -0.15) is 0 Å².